The molecule has 0 aliphatic carbocycles. The largest absolute Gasteiger partial charge is 0.341 e. The number of halogens is 1. The normalized spacial score (nSPS) is 16.0. The molecule has 0 bridgehead atoms. The van der Waals surface area contributed by atoms with Gasteiger partial charge in [0.05, 0.1) is 15.5 Å². The number of amides is 2. The predicted molar refractivity (Wildman–Crippen MR) is 92.0 cm³/mol. The van der Waals surface area contributed by atoms with Crippen LogP contribution in [0.25, 0.3) is 0 Å². The Balaban J connectivity index is 2.21. The Bertz CT molecular complexity index is 748. The maximum Gasteiger partial charge on any atom is 0.255 e. The molecule has 1 heterocycles. The van der Waals surface area contributed by atoms with Crippen LogP contribution in [-0.2, 0) is 14.6 Å². The van der Waals surface area contributed by atoms with Gasteiger partial charge in [0.15, 0.2) is 9.84 Å². The number of carbonyl (C=O) groups excluding carboxylic acids is 2. The zero-order valence-electron chi connectivity index (χ0n) is 13.8. The molecule has 0 atom stereocenters. The average Bonchev–Trinajstić information content (AvgIpc) is 2.79. The summed E-state index contributed by atoms with van der Waals surface area (Å²) < 4.78 is 23.4. The van der Waals surface area contributed by atoms with Gasteiger partial charge in [-0.1, -0.05) is 18.5 Å². The first-order chi connectivity index (χ1) is 11.2. The Morgan fingerprint density at radius 3 is 2.38 bits per heavy atom. The van der Waals surface area contributed by atoms with E-state index >= 15 is 0 Å². The fourth-order valence-corrected chi connectivity index (χ4v) is 3.51. The van der Waals surface area contributed by atoms with E-state index in [2.05, 4.69) is 0 Å². The lowest BCUT2D eigenvalue weighted by atomic mass is 10.2. The molecule has 6 nitrogen and oxygen atoms in total. The molecule has 1 aliphatic rings. The number of sulfone groups is 1. The van der Waals surface area contributed by atoms with Crippen molar-refractivity contribution in [1.82, 2.24) is 9.80 Å². The van der Waals surface area contributed by atoms with E-state index in [1.165, 1.54) is 18.2 Å². The van der Waals surface area contributed by atoms with E-state index in [4.69, 9.17) is 11.6 Å². The Hall–Kier alpha value is -1.60. The van der Waals surface area contributed by atoms with Gasteiger partial charge >= 0.3 is 0 Å². The van der Waals surface area contributed by atoms with Gasteiger partial charge in [0, 0.05) is 38.9 Å². The van der Waals surface area contributed by atoms with Crippen molar-refractivity contribution >= 4 is 33.3 Å². The molecule has 0 unspecified atom stereocenters. The molecule has 1 fully saturated rings. The highest BCUT2D eigenvalue weighted by Crippen LogP contribution is 2.22. The van der Waals surface area contributed by atoms with E-state index in [0.29, 0.717) is 39.0 Å². The molecule has 1 aliphatic heterocycles. The standard InChI is InChI=1S/C16H21ClN2O4S/c1-3-15(20)18-7-4-8-19(10-9-18)16(21)13-11-12(24(2,22)23)5-6-14(13)17/h5-6,11H,3-4,7-10H2,1-2H3. The van der Waals surface area contributed by atoms with Crippen LogP contribution in [-0.4, -0.2) is 62.5 Å². The second kappa shape index (κ2) is 7.53. The van der Waals surface area contributed by atoms with Crippen LogP contribution in [0.2, 0.25) is 5.02 Å². The monoisotopic (exact) mass is 372 g/mol. The second-order valence-corrected chi connectivity index (χ2v) is 8.22. The van der Waals surface area contributed by atoms with Gasteiger partial charge < -0.3 is 9.80 Å². The van der Waals surface area contributed by atoms with Gasteiger partial charge in [0.1, 0.15) is 0 Å². The Morgan fingerprint density at radius 1 is 1.12 bits per heavy atom. The van der Waals surface area contributed by atoms with E-state index in [1.807, 2.05) is 6.92 Å². The molecule has 0 saturated carbocycles. The summed E-state index contributed by atoms with van der Waals surface area (Å²) in [6.45, 7) is 3.82. The third kappa shape index (κ3) is 4.27. The van der Waals surface area contributed by atoms with E-state index in [-0.39, 0.29) is 27.3 Å². The van der Waals surface area contributed by atoms with Crippen molar-refractivity contribution in [2.24, 2.45) is 0 Å². The molecule has 2 rings (SSSR count). The number of rotatable bonds is 3. The van der Waals surface area contributed by atoms with Crippen LogP contribution in [0.15, 0.2) is 23.1 Å². The number of nitrogens with zero attached hydrogens (tertiary/aromatic N) is 2. The molecule has 132 valence electrons. The minimum Gasteiger partial charge on any atom is -0.341 e. The number of hydrogen-bond donors (Lipinski definition) is 0. The first kappa shape index (κ1) is 18.7. The van der Waals surface area contributed by atoms with Crippen molar-refractivity contribution in [2.45, 2.75) is 24.7 Å². The molecular formula is C16H21ClN2O4S. The maximum atomic E-state index is 12.7. The van der Waals surface area contributed by atoms with Gasteiger partial charge in [-0.15, -0.1) is 0 Å². The highest BCUT2D eigenvalue weighted by atomic mass is 35.5. The fourth-order valence-electron chi connectivity index (χ4n) is 2.66. The molecular weight excluding hydrogens is 352 g/mol. The molecule has 0 spiro atoms. The third-order valence-corrected chi connectivity index (χ3v) is 5.47. The second-order valence-electron chi connectivity index (χ2n) is 5.79. The van der Waals surface area contributed by atoms with E-state index in [1.54, 1.807) is 9.80 Å². The average molecular weight is 373 g/mol. The van der Waals surface area contributed by atoms with Crippen molar-refractivity contribution in [2.75, 3.05) is 32.4 Å². The maximum absolute atomic E-state index is 12.7. The zero-order valence-corrected chi connectivity index (χ0v) is 15.4. The lowest BCUT2D eigenvalue weighted by Gasteiger charge is -2.22. The van der Waals surface area contributed by atoms with E-state index in [9.17, 15) is 18.0 Å². The molecule has 2 amide bonds. The summed E-state index contributed by atoms with van der Waals surface area (Å²) in [4.78, 5) is 28.0. The van der Waals surface area contributed by atoms with Crippen LogP contribution in [0.1, 0.15) is 30.1 Å². The summed E-state index contributed by atoms with van der Waals surface area (Å²) in [5, 5.41) is 0.220. The highest BCUT2D eigenvalue weighted by molar-refractivity contribution is 7.90. The zero-order chi connectivity index (χ0) is 17.9. The summed E-state index contributed by atoms with van der Waals surface area (Å²) in [7, 11) is -3.42. The topological polar surface area (TPSA) is 74.8 Å². The summed E-state index contributed by atoms with van der Waals surface area (Å²) in [5.41, 5.74) is 0.176. The van der Waals surface area contributed by atoms with Crippen LogP contribution in [0.3, 0.4) is 0 Å². The van der Waals surface area contributed by atoms with Crippen molar-refractivity contribution in [3.8, 4) is 0 Å². The summed E-state index contributed by atoms with van der Waals surface area (Å²) in [5.74, 6) is -0.238. The summed E-state index contributed by atoms with van der Waals surface area (Å²) in [6, 6.07) is 4.13. The smallest absolute Gasteiger partial charge is 0.255 e. The van der Waals surface area contributed by atoms with Gasteiger partial charge in [-0.05, 0) is 24.6 Å². The van der Waals surface area contributed by atoms with E-state index < -0.39 is 9.84 Å². The Kier molecular flexibility index (Phi) is 5.87. The molecule has 0 aromatic heterocycles. The molecule has 1 aromatic carbocycles. The van der Waals surface area contributed by atoms with Gasteiger partial charge in [-0.25, -0.2) is 8.42 Å². The minimum absolute atomic E-state index is 0.0628. The highest BCUT2D eigenvalue weighted by Gasteiger charge is 2.24. The van der Waals surface area contributed by atoms with Gasteiger partial charge in [-0.3, -0.25) is 9.59 Å². The molecule has 1 aromatic rings. The first-order valence-electron chi connectivity index (χ1n) is 7.80. The molecule has 0 N–H and O–H groups in total. The van der Waals surface area contributed by atoms with Gasteiger partial charge in [-0.2, -0.15) is 0 Å². The Morgan fingerprint density at radius 2 is 1.75 bits per heavy atom. The lowest BCUT2D eigenvalue weighted by Crippen LogP contribution is -2.37. The van der Waals surface area contributed by atoms with Crippen molar-refractivity contribution < 1.29 is 18.0 Å². The minimum atomic E-state index is -3.42. The van der Waals surface area contributed by atoms with Crippen molar-refractivity contribution in [1.29, 1.82) is 0 Å². The quantitative estimate of drug-likeness (QED) is 0.811. The molecule has 0 radical (unpaired) electrons. The first-order valence-corrected chi connectivity index (χ1v) is 10.1. The van der Waals surface area contributed by atoms with Crippen molar-refractivity contribution in [3.63, 3.8) is 0 Å². The number of benzene rings is 1. The van der Waals surface area contributed by atoms with Gasteiger partial charge in [0.25, 0.3) is 5.91 Å². The summed E-state index contributed by atoms with van der Waals surface area (Å²) >= 11 is 6.10. The number of hydrogen-bond acceptors (Lipinski definition) is 4. The SMILES string of the molecule is CCC(=O)N1CCCN(C(=O)c2cc(S(C)(=O)=O)ccc2Cl)CC1. The molecule has 1 saturated heterocycles. The summed E-state index contributed by atoms with van der Waals surface area (Å²) in [6.07, 6.45) is 2.21. The van der Waals surface area contributed by atoms with E-state index in [0.717, 1.165) is 6.26 Å². The third-order valence-electron chi connectivity index (χ3n) is 4.03. The van der Waals surface area contributed by atoms with Crippen LogP contribution in [0.5, 0.6) is 0 Å². The Labute approximate surface area is 147 Å². The fraction of sp³-hybridized carbons (Fsp3) is 0.500. The van der Waals surface area contributed by atoms with Crippen LogP contribution in [0.4, 0.5) is 0 Å². The predicted octanol–water partition coefficient (Wildman–Crippen LogP) is 1.83. The number of carbonyl (C=O) groups is 2. The molecule has 8 heteroatoms. The lowest BCUT2D eigenvalue weighted by molar-refractivity contribution is -0.130. The van der Waals surface area contributed by atoms with Crippen molar-refractivity contribution in [3.05, 3.63) is 28.8 Å². The van der Waals surface area contributed by atoms with Crippen LogP contribution >= 0.6 is 11.6 Å². The molecule has 24 heavy (non-hydrogen) atoms. The van der Waals surface area contributed by atoms with Gasteiger partial charge in [0.2, 0.25) is 5.91 Å². The van der Waals surface area contributed by atoms with Crippen LogP contribution in [0, 0.1) is 0 Å². The van der Waals surface area contributed by atoms with Crippen LogP contribution < -0.4 is 0 Å².